The zero-order valence-corrected chi connectivity index (χ0v) is 19.4. The standard InChI is InChI=1S/C22H22N4O.C4H4O4/c1-25(2)15-16-27-19-12-10-17(11-13-19)21-20-9-6-14-23-22(20)26(24-21)18-7-4-3-5-8-18;5-3(6)1-2-4(7)8/h3-14H,15-16H2,1-2H3;1-2H,(H,5,6)(H,7,8). The highest BCUT2D eigenvalue weighted by molar-refractivity contribution is 5.92. The number of hydrogen-bond acceptors (Lipinski definition) is 6. The maximum absolute atomic E-state index is 9.55. The third-order valence-corrected chi connectivity index (χ3v) is 4.75. The van der Waals surface area contributed by atoms with E-state index in [0.29, 0.717) is 18.8 Å². The van der Waals surface area contributed by atoms with Crippen molar-refractivity contribution in [1.29, 1.82) is 0 Å². The molecule has 4 aromatic rings. The Kier molecular flexibility index (Phi) is 8.69. The van der Waals surface area contributed by atoms with E-state index >= 15 is 0 Å². The maximum atomic E-state index is 9.55. The first-order valence-corrected chi connectivity index (χ1v) is 10.8. The molecule has 0 atom stereocenters. The number of carbonyl (C=O) groups is 2. The van der Waals surface area contributed by atoms with Crippen LogP contribution in [0.5, 0.6) is 5.75 Å². The lowest BCUT2D eigenvalue weighted by atomic mass is 10.1. The lowest BCUT2D eigenvalue weighted by Crippen LogP contribution is -2.19. The van der Waals surface area contributed by atoms with Crippen molar-refractivity contribution in [2.45, 2.75) is 0 Å². The summed E-state index contributed by atoms with van der Waals surface area (Å²) in [4.78, 5) is 25.8. The number of likely N-dealkylation sites (N-methyl/N-ethyl adjacent to an activating group) is 1. The van der Waals surface area contributed by atoms with E-state index in [1.807, 2.05) is 67.3 Å². The van der Waals surface area contributed by atoms with Crippen LogP contribution in [0.3, 0.4) is 0 Å². The van der Waals surface area contributed by atoms with Crippen LogP contribution in [-0.4, -0.2) is 69.1 Å². The number of carboxylic acid groups (broad SMARTS) is 2. The molecular weight excluding hydrogens is 448 g/mol. The number of aromatic nitrogens is 3. The molecule has 0 spiro atoms. The molecule has 0 aliphatic heterocycles. The number of nitrogens with zero attached hydrogens (tertiary/aromatic N) is 4. The van der Waals surface area contributed by atoms with Crippen LogP contribution in [0.4, 0.5) is 0 Å². The molecule has 35 heavy (non-hydrogen) atoms. The second-order valence-corrected chi connectivity index (χ2v) is 7.66. The van der Waals surface area contributed by atoms with Gasteiger partial charge in [-0.25, -0.2) is 19.3 Å². The van der Waals surface area contributed by atoms with Gasteiger partial charge in [-0.15, -0.1) is 0 Å². The van der Waals surface area contributed by atoms with E-state index in [4.69, 9.17) is 20.0 Å². The van der Waals surface area contributed by atoms with Gasteiger partial charge in [0.25, 0.3) is 0 Å². The van der Waals surface area contributed by atoms with Crippen LogP contribution < -0.4 is 4.74 Å². The summed E-state index contributed by atoms with van der Waals surface area (Å²) in [6.07, 6.45) is 2.92. The smallest absolute Gasteiger partial charge is 0.328 e. The summed E-state index contributed by atoms with van der Waals surface area (Å²) in [6, 6.07) is 22.2. The van der Waals surface area contributed by atoms with Crippen LogP contribution in [0.1, 0.15) is 0 Å². The fraction of sp³-hybridized carbons (Fsp3) is 0.154. The van der Waals surface area contributed by atoms with E-state index in [1.165, 1.54) is 0 Å². The normalized spacial score (nSPS) is 10.8. The molecule has 2 heterocycles. The molecule has 0 aliphatic carbocycles. The number of fused-ring (bicyclic) bond motifs is 1. The number of ether oxygens (including phenoxy) is 1. The van der Waals surface area contributed by atoms with E-state index < -0.39 is 11.9 Å². The molecule has 0 saturated carbocycles. The summed E-state index contributed by atoms with van der Waals surface area (Å²) >= 11 is 0. The molecule has 2 N–H and O–H groups in total. The molecule has 0 unspecified atom stereocenters. The average molecular weight is 475 g/mol. The zero-order chi connectivity index (χ0) is 25.2. The number of para-hydroxylation sites is 1. The number of hydrogen-bond donors (Lipinski definition) is 2. The van der Waals surface area contributed by atoms with Crippen molar-refractivity contribution in [3.63, 3.8) is 0 Å². The molecule has 0 radical (unpaired) electrons. The summed E-state index contributed by atoms with van der Waals surface area (Å²) in [5.74, 6) is -1.65. The van der Waals surface area contributed by atoms with Crippen LogP contribution >= 0.6 is 0 Å². The molecule has 0 amide bonds. The third-order valence-electron chi connectivity index (χ3n) is 4.75. The molecule has 4 rings (SSSR count). The fourth-order valence-corrected chi connectivity index (χ4v) is 3.11. The minimum atomic E-state index is -1.26. The fourth-order valence-electron chi connectivity index (χ4n) is 3.11. The molecule has 0 aliphatic rings. The van der Waals surface area contributed by atoms with E-state index in [9.17, 15) is 9.59 Å². The molecular formula is C26H26N4O5. The lowest BCUT2D eigenvalue weighted by molar-refractivity contribution is -0.134. The highest BCUT2D eigenvalue weighted by atomic mass is 16.5. The third kappa shape index (κ3) is 7.24. The molecule has 2 aromatic carbocycles. The van der Waals surface area contributed by atoms with Crippen LogP contribution in [0, 0.1) is 0 Å². The van der Waals surface area contributed by atoms with Crippen molar-refractivity contribution in [2.75, 3.05) is 27.2 Å². The second kappa shape index (κ2) is 12.1. The second-order valence-electron chi connectivity index (χ2n) is 7.66. The predicted octanol–water partition coefficient (Wildman–Crippen LogP) is 3.74. The van der Waals surface area contributed by atoms with Crippen LogP contribution in [0.2, 0.25) is 0 Å². The van der Waals surface area contributed by atoms with Gasteiger partial charge in [0.15, 0.2) is 5.65 Å². The molecule has 0 bridgehead atoms. The summed E-state index contributed by atoms with van der Waals surface area (Å²) in [7, 11) is 4.07. The van der Waals surface area contributed by atoms with Crippen LogP contribution in [0.15, 0.2) is 85.1 Å². The zero-order valence-electron chi connectivity index (χ0n) is 19.4. The Hall–Kier alpha value is -4.50. The molecule has 9 nitrogen and oxygen atoms in total. The molecule has 180 valence electrons. The first-order valence-electron chi connectivity index (χ1n) is 10.8. The van der Waals surface area contributed by atoms with Crippen molar-refractivity contribution < 1.29 is 24.5 Å². The average Bonchev–Trinajstić information content (AvgIpc) is 3.24. The minimum Gasteiger partial charge on any atom is -0.492 e. The first kappa shape index (κ1) is 25.1. The monoisotopic (exact) mass is 474 g/mol. The number of aliphatic carboxylic acids is 2. The summed E-state index contributed by atoms with van der Waals surface area (Å²) < 4.78 is 7.69. The Morgan fingerprint density at radius 2 is 1.60 bits per heavy atom. The number of rotatable bonds is 8. The summed E-state index contributed by atoms with van der Waals surface area (Å²) in [5, 5.41) is 21.5. The maximum Gasteiger partial charge on any atom is 0.328 e. The number of pyridine rings is 1. The van der Waals surface area contributed by atoms with Gasteiger partial charge in [0.05, 0.1) is 5.69 Å². The highest BCUT2D eigenvalue weighted by Gasteiger charge is 2.14. The van der Waals surface area contributed by atoms with Crippen molar-refractivity contribution >= 4 is 23.0 Å². The first-order chi connectivity index (χ1) is 16.8. The molecule has 2 aromatic heterocycles. The van der Waals surface area contributed by atoms with Crippen molar-refractivity contribution in [2.24, 2.45) is 0 Å². The Morgan fingerprint density at radius 3 is 2.20 bits per heavy atom. The van der Waals surface area contributed by atoms with Gasteiger partial charge in [-0.3, -0.25) is 0 Å². The molecule has 9 heteroatoms. The highest BCUT2D eigenvalue weighted by Crippen LogP contribution is 2.29. The summed E-state index contributed by atoms with van der Waals surface area (Å²) in [5.41, 5.74) is 3.81. The van der Waals surface area contributed by atoms with Crippen molar-refractivity contribution in [3.05, 3.63) is 85.1 Å². The van der Waals surface area contributed by atoms with Gasteiger partial charge in [-0.05, 0) is 62.6 Å². The van der Waals surface area contributed by atoms with Gasteiger partial charge in [0.2, 0.25) is 0 Å². The number of benzene rings is 2. The van der Waals surface area contributed by atoms with Crippen molar-refractivity contribution in [3.8, 4) is 22.7 Å². The van der Waals surface area contributed by atoms with Gasteiger partial charge < -0.3 is 19.8 Å². The van der Waals surface area contributed by atoms with Gasteiger partial charge in [0.1, 0.15) is 18.1 Å². The Balaban J connectivity index is 0.000000371. The Bertz CT molecular complexity index is 1280. The predicted molar refractivity (Wildman–Crippen MR) is 133 cm³/mol. The van der Waals surface area contributed by atoms with E-state index in [1.54, 1.807) is 6.20 Å². The van der Waals surface area contributed by atoms with Crippen LogP contribution in [-0.2, 0) is 9.59 Å². The topological polar surface area (TPSA) is 118 Å². The minimum absolute atomic E-state index is 0.558. The van der Waals surface area contributed by atoms with E-state index in [2.05, 4.69) is 28.1 Å². The largest absolute Gasteiger partial charge is 0.492 e. The molecule has 0 fully saturated rings. The molecule has 0 saturated heterocycles. The van der Waals surface area contributed by atoms with Gasteiger partial charge >= 0.3 is 11.9 Å². The van der Waals surface area contributed by atoms with Crippen molar-refractivity contribution in [1.82, 2.24) is 19.7 Å². The van der Waals surface area contributed by atoms with E-state index in [0.717, 1.165) is 40.3 Å². The van der Waals surface area contributed by atoms with E-state index in [-0.39, 0.29) is 0 Å². The van der Waals surface area contributed by atoms with Crippen LogP contribution in [0.25, 0.3) is 28.0 Å². The Labute approximate surface area is 202 Å². The van der Waals surface area contributed by atoms with Gasteiger partial charge in [0, 0.05) is 35.8 Å². The quantitative estimate of drug-likeness (QED) is 0.371. The van der Waals surface area contributed by atoms with Gasteiger partial charge in [-0.2, -0.15) is 5.10 Å². The van der Waals surface area contributed by atoms with Gasteiger partial charge in [-0.1, -0.05) is 18.2 Å². The number of carboxylic acids is 2. The Morgan fingerprint density at radius 1 is 0.943 bits per heavy atom. The lowest BCUT2D eigenvalue weighted by Gasteiger charge is -2.11. The SMILES string of the molecule is CN(C)CCOc1ccc(-c2nn(-c3ccccc3)c3ncccc23)cc1.O=C(O)C=CC(=O)O. The summed E-state index contributed by atoms with van der Waals surface area (Å²) in [6.45, 7) is 1.56.